The van der Waals surface area contributed by atoms with Crippen molar-refractivity contribution in [3.63, 3.8) is 0 Å². The Morgan fingerprint density at radius 1 is 0.812 bits per heavy atom. The summed E-state index contributed by atoms with van der Waals surface area (Å²) >= 11 is 0.819. The van der Waals surface area contributed by atoms with Crippen molar-refractivity contribution in [2.24, 2.45) is 0 Å². The third-order valence-electron chi connectivity index (χ3n) is 4.56. The zero-order chi connectivity index (χ0) is 22.3. The zero-order valence-corrected chi connectivity index (χ0v) is 17.5. The zero-order valence-electron chi connectivity index (χ0n) is 15.8. The van der Waals surface area contributed by atoms with Crippen LogP contribution in [0.15, 0.2) is 79.3 Å². The van der Waals surface area contributed by atoms with Crippen molar-refractivity contribution < 1.29 is 36.4 Å². The summed E-state index contributed by atoms with van der Waals surface area (Å²) in [6, 6.07) is 16.2. The fraction of sp³-hybridized carbons (Fsp3) is 0. The molecule has 12 heteroatoms. The highest BCUT2D eigenvalue weighted by atomic mass is 32.2. The Bertz CT molecular complexity index is 1540. The van der Waals surface area contributed by atoms with Crippen molar-refractivity contribution in [3.8, 4) is 22.9 Å². The van der Waals surface area contributed by atoms with Gasteiger partial charge in [0.15, 0.2) is 11.2 Å². The molecule has 5 aromatic rings. The summed E-state index contributed by atoms with van der Waals surface area (Å²) in [5.41, 5.74) is 3.26. The van der Waals surface area contributed by atoms with E-state index in [1.807, 2.05) is 0 Å². The van der Waals surface area contributed by atoms with Gasteiger partial charge in [0.2, 0.25) is 11.8 Å². The highest BCUT2D eigenvalue weighted by Gasteiger charge is 2.15. The summed E-state index contributed by atoms with van der Waals surface area (Å²) in [5, 5.41) is 11.8. The standard InChI is InChI=1S/C20H12N2O8S2/c23-29-30-31-13-5-7-15-18(9-13)28-19(21-15)11-1-3-12(4-2-11)20-22-16-10-14(32(24,25)26)6-8-17(16)27-20/h1-10,23H,(H,24,25,26). The van der Waals surface area contributed by atoms with E-state index in [4.69, 9.17) is 14.1 Å². The van der Waals surface area contributed by atoms with Gasteiger partial charge in [-0.25, -0.2) is 15.2 Å². The van der Waals surface area contributed by atoms with E-state index in [0.29, 0.717) is 44.4 Å². The second kappa shape index (κ2) is 8.02. The van der Waals surface area contributed by atoms with Crippen molar-refractivity contribution >= 4 is 44.4 Å². The summed E-state index contributed by atoms with van der Waals surface area (Å²) in [4.78, 5) is 9.16. The molecule has 0 amide bonds. The predicted octanol–water partition coefficient (Wildman–Crippen LogP) is 4.98. The van der Waals surface area contributed by atoms with Crippen molar-refractivity contribution in [1.29, 1.82) is 0 Å². The first-order valence-electron chi connectivity index (χ1n) is 8.95. The Morgan fingerprint density at radius 2 is 1.47 bits per heavy atom. The van der Waals surface area contributed by atoms with Gasteiger partial charge in [-0.2, -0.15) is 8.42 Å². The van der Waals surface area contributed by atoms with Crippen LogP contribution in [-0.2, 0) is 19.5 Å². The van der Waals surface area contributed by atoms with Crippen LogP contribution in [0.4, 0.5) is 0 Å². The maximum atomic E-state index is 11.3. The molecule has 0 fully saturated rings. The van der Waals surface area contributed by atoms with Crippen LogP contribution >= 0.6 is 12.0 Å². The maximum absolute atomic E-state index is 11.3. The topological polar surface area (TPSA) is 145 Å². The van der Waals surface area contributed by atoms with Gasteiger partial charge in [0.05, 0.1) is 16.9 Å². The molecule has 0 aliphatic rings. The molecule has 0 saturated carbocycles. The molecule has 5 rings (SSSR count). The first kappa shape index (κ1) is 20.6. The summed E-state index contributed by atoms with van der Waals surface area (Å²) in [6.07, 6.45) is 0. The molecule has 32 heavy (non-hydrogen) atoms. The Morgan fingerprint density at radius 3 is 2.12 bits per heavy atom. The fourth-order valence-corrected chi connectivity index (χ4v) is 3.97. The van der Waals surface area contributed by atoms with Gasteiger partial charge < -0.3 is 8.83 Å². The third kappa shape index (κ3) is 3.98. The van der Waals surface area contributed by atoms with Gasteiger partial charge in [0, 0.05) is 16.0 Å². The van der Waals surface area contributed by atoms with Crippen LogP contribution in [0, 0.1) is 0 Å². The number of rotatable bonds is 6. The minimum atomic E-state index is -4.33. The van der Waals surface area contributed by atoms with E-state index in [1.54, 1.807) is 42.5 Å². The Labute approximate surface area is 184 Å². The number of oxazole rings is 2. The number of aromatic nitrogens is 2. The molecular formula is C20H12N2O8S2. The number of hydrogen-bond acceptors (Lipinski definition) is 10. The number of nitrogens with zero attached hydrogens (tertiary/aromatic N) is 2. The fourth-order valence-electron chi connectivity index (χ4n) is 3.08. The molecule has 162 valence electrons. The van der Waals surface area contributed by atoms with Gasteiger partial charge in [0.1, 0.15) is 11.0 Å². The summed E-state index contributed by atoms with van der Waals surface area (Å²) in [7, 11) is -4.33. The quantitative estimate of drug-likeness (QED) is 0.149. The second-order valence-corrected chi connectivity index (χ2v) is 8.77. The molecule has 0 unspecified atom stereocenters. The van der Waals surface area contributed by atoms with Crippen LogP contribution in [0.2, 0.25) is 0 Å². The van der Waals surface area contributed by atoms with E-state index < -0.39 is 10.1 Å². The highest BCUT2D eigenvalue weighted by molar-refractivity contribution is 7.94. The van der Waals surface area contributed by atoms with Gasteiger partial charge in [0.25, 0.3) is 10.1 Å². The van der Waals surface area contributed by atoms with Crippen LogP contribution in [0.3, 0.4) is 0 Å². The van der Waals surface area contributed by atoms with Gasteiger partial charge >= 0.3 is 0 Å². The van der Waals surface area contributed by atoms with Gasteiger partial charge in [-0.1, -0.05) is 5.04 Å². The van der Waals surface area contributed by atoms with E-state index in [-0.39, 0.29) is 4.90 Å². The molecule has 3 aromatic carbocycles. The summed E-state index contributed by atoms with van der Waals surface area (Å²) in [5.74, 6) is 0.702. The van der Waals surface area contributed by atoms with Crippen LogP contribution in [0.1, 0.15) is 0 Å². The summed E-state index contributed by atoms with van der Waals surface area (Å²) < 4.78 is 47.7. The lowest BCUT2D eigenvalue weighted by molar-refractivity contribution is -0.432. The van der Waals surface area contributed by atoms with Crippen LogP contribution < -0.4 is 0 Å². The molecule has 0 bridgehead atoms. The molecule has 0 aliphatic carbocycles. The van der Waals surface area contributed by atoms with Gasteiger partial charge in [-0.3, -0.25) is 4.55 Å². The number of fused-ring (bicyclic) bond motifs is 2. The predicted molar refractivity (Wildman–Crippen MR) is 113 cm³/mol. The average Bonchev–Trinajstić information content (AvgIpc) is 3.40. The van der Waals surface area contributed by atoms with E-state index in [1.165, 1.54) is 18.2 Å². The summed E-state index contributed by atoms with van der Waals surface area (Å²) in [6.45, 7) is 0. The average molecular weight is 472 g/mol. The first-order chi connectivity index (χ1) is 15.4. The SMILES string of the molecule is O=S(=O)(O)c1ccc2oc(-c3ccc(-c4nc5ccc(SOOO)cc5o4)cc3)nc2c1. The van der Waals surface area contributed by atoms with E-state index in [2.05, 4.69) is 19.3 Å². The van der Waals surface area contributed by atoms with Crippen molar-refractivity contribution in [1.82, 2.24) is 9.97 Å². The number of hydrogen-bond donors (Lipinski definition) is 2. The van der Waals surface area contributed by atoms with Gasteiger partial charge in [-0.05, 0) is 60.7 Å². The third-order valence-corrected chi connectivity index (χ3v) is 5.98. The molecular weight excluding hydrogens is 460 g/mol. The molecule has 10 nitrogen and oxygen atoms in total. The Kier molecular flexibility index (Phi) is 5.17. The molecule has 0 aliphatic heterocycles. The molecule has 2 N–H and O–H groups in total. The minimum absolute atomic E-state index is 0.256. The maximum Gasteiger partial charge on any atom is 0.294 e. The lowest BCUT2D eigenvalue weighted by Gasteiger charge is -1.98. The van der Waals surface area contributed by atoms with E-state index in [9.17, 15) is 13.0 Å². The van der Waals surface area contributed by atoms with Crippen LogP contribution in [0.25, 0.3) is 45.1 Å². The normalized spacial score (nSPS) is 12.1. The van der Waals surface area contributed by atoms with Crippen molar-refractivity contribution in [2.45, 2.75) is 9.79 Å². The molecule has 2 aromatic heterocycles. The largest absolute Gasteiger partial charge is 0.436 e. The highest BCUT2D eigenvalue weighted by Crippen LogP contribution is 2.31. The monoisotopic (exact) mass is 472 g/mol. The minimum Gasteiger partial charge on any atom is -0.436 e. The lowest BCUT2D eigenvalue weighted by atomic mass is 10.1. The molecule has 0 spiro atoms. The van der Waals surface area contributed by atoms with E-state index >= 15 is 0 Å². The molecule has 0 saturated heterocycles. The molecule has 0 atom stereocenters. The van der Waals surface area contributed by atoms with Crippen LogP contribution in [0.5, 0.6) is 0 Å². The molecule has 0 radical (unpaired) electrons. The smallest absolute Gasteiger partial charge is 0.294 e. The van der Waals surface area contributed by atoms with Gasteiger partial charge in [-0.15, -0.1) is 4.33 Å². The molecule has 2 heterocycles. The number of benzene rings is 3. The van der Waals surface area contributed by atoms with Crippen LogP contribution in [-0.4, -0.2) is 28.2 Å². The second-order valence-electron chi connectivity index (χ2n) is 6.58. The van der Waals surface area contributed by atoms with Crippen molar-refractivity contribution in [3.05, 3.63) is 60.7 Å². The Balaban J connectivity index is 1.43. The lowest BCUT2D eigenvalue weighted by Crippen LogP contribution is -1.97. The van der Waals surface area contributed by atoms with E-state index in [0.717, 1.165) is 17.6 Å². The first-order valence-corrected chi connectivity index (χ1v) is 11.1. The van der Waals surface area contributed by atoms with Crippen molar-refractivity contribution in [2.75, 3.05) is 0 Å². The Hall–Kier alpha value is -3.26.